The number of thiazole rings is 1. The van der Waals surface area contributed by atoms with E-state index in [9.17, 15) is 9.70 Å². The van der Waals surface area contributed by atoms with E-state index in [1.54, 1.807) is 18.2 Å². The topological polar surface area (TPSA) is 113 Å². The number of nitrogens with one attached hydrogen (secondary N) is 2. The molecule has 0 spiro atoms. The summed E-state index contributed by atoms with van der Waals surface area (Å²) in [5, 5.41) is 10.1. The molecule has 0 aliphatic carbocycles. The van der Waals surface area contributed by atoms with Crippen LogP contribution in [0.3, 0.4) is 0 Å². The van der Waals surface area contributed by atoms with Crippen molar-refractivity contribution in [3.8, 4) is 17.2 Å². The second-order valence-corrected chi connectivity index (χ2v) is 6.95. The Morgan fingerprint density at radius 2 is 2.17 bits per heavy atom. The molecule has 1 aliphatic heterocycles. The van der Waals surface area contributed by atoms with Crippen LogP contribution in [-0.2, 0) is 0 Å². The van der Waals surface area contributed by atoms with E-state index < -0.39 is 0 Å². The van der Waals surface area contributed by atoms with E-state index in [0.29, 0.717) is 44.9 Å². The lowest BCUT2D eigenvalue weighted by atomic mass is 10.2. The maximum absolute atomic E-state index is 12.1. The van der Waals surface area contributed by atoms with Crippen LogP contribution < -0.4 is 20.1 Å². The summed E-state index contributed by atoms with van der Waals surface area (Å²) in [5.74, 6) is 1.22. The highest BCUT2D eigenvalue weighted by Gasteiger charge is 2.20. The Morgan fingerprint density at radius 1 is 1.33 bits per heavy atom. The molecule has 0 amide bonds. The number of nitrogens with zero attached hydrogens (tertiary/aromatic N) is 3. The van der Waals surface area contributed by atoms with Crippen molar-refractivity contribution in [2.75, 3.05) is 13.2 Å². The first-order valence-electron chi connectivity index (χ1n) is 6.85. The van der Waals surface area contributed by atoms with Crippen molar-refractivity contribution in [2.45, 2.75) is 9.50 Å². The highest BCUT2D eigenvalue weighted by Crippen LogP contribution is 2.34. The molecule has 9 nitrogen and oxygen atoms in total. The quantitative estimate of drug-likeness (QED) is 0.706. The largest absolute Gasteiger partial charge is 0.486 e. The number of aromatic amines is 2. The molecule has 11 heteroatoms. The van der Waals surface area contributed by atoms with Crippen molar-refractivity contribution < 1.29 is 14.5 Å². The molecule has 4 rings (SSSR count). The van der Waals surface area contributed by atoms with Crippen LogP contribution in [0.2, 0.25) is 0 Å². The molecule has 0 unspecified atom stereocenters. The molecule has 0 saturated heterocycles. The van der Waals surface area contributed by atoms with E-state index in [-0.39, 0.29) is 5.69 Å². The van der Waals surface area contributed by atoms with E-state index in [2.05, 4.69) is 20.4 Å². The minimum Gasteiger partial charge on any atom is -0.486 e. The molecule has 3 aromatic rings. The van der Waals surface area contributed by atoms with Crippen LogP contribution in [0, 0.1) is 4.91 Å². The fourth-order valence-electron chi connectivity index (χ4n) is 2.20. The van der Waals surface area contributed by atoms with Gasteiger partial charge in [-0.25, -0.2) is 14.5 Å². The third-order valence-corrected chi connectivity index (χ3v) is 5.17. The van der Waals surface area contributed by atoms with Gasteiger partial charge in [0, 0.05) is 17.8 Å². The third kappa shape index (κ3) is 2.67. The van der Waals surface area contributed by atoms with Gasteiger partial charge in [0.15, 0.2) is 11.5 Å². The molecule has 0 saturated carbocycles. The van der Waals surface area contributed by atoms with E-state index in [1.165, 1.54) is 33.9 Å². The fourth-order valence-corrected chi connectivity index (χ4v) is 3.97. The van der Waals surface area contributed by atoms with Crippen molar-refractivity contribution in [1.29, 1.82) is 0 Å². The molecule has 0 atom stereocenters. The average molecular weight is 364 g/mol. The smallest absolute Gasteiger partial charge is 0.348 e. The van der Waals surface area contributed by atoms with Gasteiger partial charge in [-0.15, -0.1) is 10.0 Å². The zero-order chi connectivity index (χ0) is 16.5. The van der Waals surface area contributed by atoms with Crippen LogP contribution >= 0.6 is 23.1 Å². The number of nitroso groups, excluding NO2 is 1. The highest BCUT2D eigenvalue weighted by atomic mass is 32.2. The van der Waals surface area contributed by atoms with Gasteiger partial charge in [-0.1, -0.05) is 0 Å². The molecule has 0 fully saturated rings. The Labute approximate surface area is 142 Å². The number of hydrogen-bond acceptors (Lipinski definition) is 8. The predicted molar refractivity (Wildman–Crippen MR) is 85.6 cm³/mol. The standard InChI is InChI=1S/C13H9N5O4S2/c19-11-15-16-12(24-13-14-6-10(17-20)23-13)18(11)7-1-2-8-9(5-7)22-4-3-21-8/h1-2,5-6H,3-4H2,(H,15,19)/p+1. The van der Waals surface area contributed by atoms with Crippen LogP contribution in [-0.4, -0.2) is 28.0 Å². The molecule has 3 heterocycles. The molecule has 0 radical (unpaired) electrons. The molecule has 1 aliphatic rings. The summed E-state index contributed by atoms with van der Waals surface area (Å²) in [4.78, 5) is 25.6. The molecule has 0 bridgehead atoms. The summed E-state index contributed by atoms with van der Waals surface area (Å²) >= 11 is 2.39. The van der Waals surface area contributed by atoms with Crippen molar-refractivity contribution in [2.24, 2.45) is 5.18 Å². The summed E-state index contributed by atoms with van der Waals surface area (Å²) in [6, 6.07) is 5.24. The van der Waals surface area contributed by atoms with Crippen molar-refractivity contribution in [3.05, 3.63) is 39.8 Å². The first-order valence-corrected chi connectivity index (χ1v) is 8.48. The number of aromatic nitrogens is 4. The molecule has 2 N–H and O–H groups in total. The Hall–Kier alpha value is -2.66. The predicted octanol–water partition coefficient (Wildman–Crippen LogP) is 1.76. The van der Waals surface area contributed by atoms with Gasteiger partial charge in [0.05, 0.1) is 5.69 Å². The van der Waals surface area contributed by atoms with Gasteiger partial charge >= 0.3 is 10.0 Å². The first kappa shape index (κ1) is 14.9. The molecule has 1 aromatic carbocycles. The minimum absolute atomic E-state index is 0.321. The number of hydrogen-bond donors (Lipinski definition) is 1. The first-order chi connectivity index (χ1) is 11.7. The van der Waals surface area contributed by atoms with Gasteiger partial charge in [0.25, 0.3) is 0 Å². The van der Waals surface area contributed by atoms with Crippen LogP contribution in [0.1, 0.15) is 0 Å². The second-order valence-electron chi connectivity index (χ2n) is 4.68. The van der Waals surface area contributed by atoms with Gasteiger partial charge in [-0.2, -0.15) is 4.98 Å². The maximum Gasteiger partial charge on any atom is 0.348 e. The minimum atomic E-state index is -0.375. The molecular weight excluding hydrogens is 354 g/mol. The van der Waals surface area contributed by atoms with Crippen LogP contribution in [0.4, 0.5) is 5.00 Å². The van der Waals surface area contributed by atoms with E-state index in [0.717, 1.165) is 0 Å². The number of benzene rings is 1. The summed E-state index contributed by atoms with van der Waals surface area (Å²) in [7, 11) is 0. The van der Waals surface area contributed by atoms with Crippen LogP contribution in [0.5, 0.6) is 11.5 Å². The lowest BCUT2D eigenvalue weighted by Gasteiger charge is -2.18. The number of rotatable bonds is 4. The van der Waals surface area contributed by atoms with Crippen molar-refractivity contribution in [3.63, 3.8) is 0 Å². The highest BCUT2D eigenvalue weighted by molar-refractivity contribution is 8.00. The summed E-state index contributed by atoms with van der Waals surface area (Å²) in [6.07, 6.45) is 1.50. The van der Waals surface area contributed by atoms with Crippen molar-refractivity contribution >= 4 is 28.1 Å². The Kier molecular flexibility index (Phi) is 3.78. The molecule has 24 heavy (non-hydrogen) atoms. The van der Waals surface area contributed by atoms with Crippen molar-refractivity contribution in [1.82, 2.24) is 14.8 Å². The fraction of sp³-hybridized carbons (Fsp3) is 0.154. The van der Waals surface area contributed by atoms with E-state index in [1.807, 2.05) is 0 Å². The van der Waals surface area contributed by atoms with Crippen LogP contribution in [0.15, 0.2) is 43.9 Å². The SMILES string of the molecule is O=Nc1c[nH+]c(Sc2n[nH]c(=O)n2-c2ccc3c(c2)OCCO3)s1. The molecule has 122 valence electrons. The van der Waals surface area contributed by atoms with Crippen LogP contribution in [0.25, 0.3) is 5.69 Å². The maximum atomic E-state index is 12.1. The van der Waals surface area contributed by atoms with Gasteiger partial charge < -0.3 is 9.47 Å². The average Bonchev–Trinajstić information content (AvgIpc) is 3.21. The summed E-state index contributed by atoms with van der Waals surface area (Å²) in [5.41, 5.74) is 0.227. The molecule has 2 aromatic heterocycles. The van der Waals surface area contributed by atoms with E-state index >= 15 is 0 Å². The lowest BCUT2D eigenvalue weighted by molar-refractivity contribution is -0.415. The monoisotopic (exact) mass is 364 g/mol. The number of fused-ring (bicyclic) bond motifs is 1. The third-order valence-electron chi connectivity index (χ3n) is 3.21. The Balaban J connectivity index is 1.72. The Bertz CT molecular complexity index is 963. The number of ether oxygens (including phenoxy) is 2. The van der Waals surface area contributed by atoms with E-state index in [4.69, 9.17) is 9.47 Å². The number of H-pyrrole nitrogens is 2. The Morgan fingerprint density at radius 3 is 2.96 bits per heavy atom. The normalized spacial score (nSPS) is 13.0. The summed E-state index contributed by atoms with van der Waals surface area (Å²) in [6.45, 7) is 0.963. The lowest BCUT2D eigenvalue weighted by Crippen LogP contribution is -2.18. The zero-order valence-corrected chi connectivity index (χ0v) is 13.6. The zero-order valence-electron chi connectivity index (χ0n) is 12.0. The van der Waals surface area contributed by atoms with Gasteiger partial charge in [0.1, 0.15) is 13.2 Å². The van der Waals surface area contributed by atoms with Gasteiger partial charge in [-0.05, 0) is 28.6 Å². The second kappa shape index (κ2) is 6.09. The molecular formula is C13H10N5O4S2+. The van der Waals surface area contributed by atoms with Gasteiger partial charge in [0.2, 0.25) is 16.4 Å². The van der Waals surface area contributed by atoms with Gasteiger partial charge in [-0.3, -0.25) is 0 Å². The summed E-state index contributed by atoms with van der Waals surface area (Å²) < 4.78 is 13.1.